The number of carbonyl (C=O) groups is 1. The Morgan fingerprint density at radius 1 is 1.33 bits per heavy atom. The van der Waals surface area contributed by atoms with Gasteiger partial charge in [-0.1, -0.05) is 18.2 Å². The number of benzene rings is 1. The van der Waals surface area contributed by atoms with Gasteiger partial charge >= 0.3 is 0 Å². The van der Waals surface area contributed by atoms with Crippen LogP contribution in [-0.4, -0.2) is 24.5 Å². The fraction of sp³-hybridized carbons (Fsp3) is 0.389. The second-order valence-electron chi connectivity index (χ2n) is 5.93. The molecule has 0 radical (unpaired) electrons. The van der Waals surface area contributed by atoms with Crippen LogP contribution in [0.1, 0.15) is 35.9 Å². The molecule has 2 heterocycles. The standard InChI is InChI=1S/C18H22N2O3.ClH/c1-13-11-15(7-9-19-13)20-18(21)17-14(8-10-22-17)12-23-16-5-3-2-4-6-16;/h2-6,8,10,13,15,19H,7,9,11-12H2,1H3,(H,20,21);1H. The van der Waals surface area contributed by atoms with Crippen molar-refractivity contribution in [1.29, 1.82) is 0 Å². The Morgan fingerprint density at radius 3 is 2.88 bits per heavy atom. The van der Waals surface area contributed by atoms with E-state index in [2.05, 4.69) is 17.6 Å². The van der Waals surface area contributed by atoms with E-state index in [1.807, 2.05) is 30.3 Å². The van der Waals surface area contributed by atoms with Gasteiger partial charge in [0.2, 0.25) is 0 Å². The lowest BCUT2D eigenvalue weighted by Gasteiger charge is -2.28. The number of piperidine rings is 1. The van der Waals surface area contributed by atoms with Crippen LogP contribution in [0.15, 0.2) is 47.1 Å². The van der Waals surface area contributed by atoms with Crippen LogP contribution in [0.3, 0.4) is 0 Å². The summed E-state index contributed by atoms with van der Waals surface area (Å²) in [4.78, 5) is 12.4. The number of amides is 1. The number of hydrogen-bond donors (Lipinski definition) is 2. The molecule has 1 aliphatic rings. The molecule has 3 rings (SSSR count). The molecule has 6 heteroatoms. The zero-order chi connectivity index (χ0) is 16.1. The van der Waals surface area contributed by atoms with Crippen LogP contribution in [0.2, 0.25) is 0 Å². The maximum Gasteiger partial charge on any atom is 0.287 e. The molecule has 2 unspecified atom stereocenters. The van der Waals surface area contributed by atoms with Crippen LogP contribution >= 0.6 is 12.4 Å². The van der Waals surface area contributed by atoms with Crippen molar-refractivity contribution in [2.75, 3.05) is 6.54 Å². The molecule has 1 aliphatic heterocycles. The van der Waals surface area contributed by atoms with Crippen molar-refractivity contribution < 1.29 is 13.9 Å². The average Bonchev–Trinajstić information content (AvgIpc) is 3.02. The van der Waals surface area contributed by atoms with Gasteiger partial charge in [-0.3, -0.25) is 4.79 Å². The largest absolute Gasteiger partial charge is 0.489 e. The quantitative estimate of drug-likeness (QED) is 0.869. The summed E-state index contributed by atoms with van der Waals surface area (Å²) in [6.07, 6.45) is 3.40. The molecule has 0 bridgehead atoms. The van der Waals surface area contributed by atoms with Gasteiger partial charge in [0.25, 0.3) is 5.91 Å². The van der Waals surface area contributed by atoms with E-state index in [4.69, 9.17) is 9.15 Å². The molecule has 2 atom stereocenters. The first kappa shape index (κ1) is 18.4. The highest BCUT2D eigenvalue weighted by atomic mass is 35.5. The molecule has 1 aromatic heterocycles. The molecular formula is C18H23ClN2O3. The molecule has 1 saturated heterocycles. The topological polar surface area (TPSA) is 63.5 Å². The molecule has 2 aromatic rings. The van der Waals surface area contributed by atoms with Crippen molar-refractivity contribution in [3.8, 4) is 5.75 Å². The van der Waals surface area contributed by atoms with Crippen LogP contribution in [-0.2, 0) is 6.61 Å². The Kier molecular flexibility index (Phi) is 6.70. The van der Waals surface area contributed by atoms with Crippen LogP contribution in [0, 0.1) is 0 Å². The summed E-state index contributed by atoms with van der Waals surface area (Å²) in [5.41, 5.74) is 0.758. The molecule has 24 heavy (non-hydrogen) atoms. The SMILES string of the molecule is CC1CC(NC(=O)c2occc2COc2ccccc2)CCN1.Cl. The number of furan rings is 1. The van der Waals surface area contributed by atoms with Gasteiger partial charge in [-0.25, -0.2) is 0 Å². The lowest BCUT2D eigenvalue weighted by Crippen LogP contribution is -2.46. The summed E-state index contributed by atoms with van der Waals surface area (Å²) >= 11 is 0. The van der Waals surface area contributed by atoms with E-state index in [1.165, 1.54) is 6.26 Å². The second-order valence-corrected chi connectivity index (χ2v) is 5.93. The lowest BCUT2D eigenvalue weighted by molar-refractivity contribution is 0.0894. The first-order chi connectivity index (χ1) is 11.2. The minimum atomic E-state index is -0.166. The van der Waals surface area contributed by atoms with Gasteiger partial charge in [-0.15, -0.1) is 12.4 Å². The lowest BCUT2D eigenvalue weighted by atomic mass is 10.0. The maximum absolute atomic E-state index is 12.4. The highest BCUT2D eigenvalue weighted by Crippen LogP contribution is 2.17. The van der Waals surface area contributed by atoms with Gasteiger partial charge in [0.1, 0.15) is 12.4 Å². The normalized spacial score (nSPS) is 20.0. The van der Waals surface area contributed by atoms with Gasteiger partial charge in [-0.05, 0) is 44.5 Å². The molecule has 0 saturated carbocycles. The number of rotatable bonds is 5. The highest BCUT2D eigenvalue weighted by Gasteiger charge is 2.23. The Bertz CT molecular complexity index is 645. The predicted octanol–water partition coefficient (Wildman–Crippen LogP) is 3.15. The summed E-state index contributed by atoms with van der Waals surface area (Å²) in [5, 5.41) is 6.44. The number of hydrogen-bond acceptors (Lipinski definition) is 4. The van der Waals surface area contributed by atoms with E-state index in [1.54, 1.807) is 6.07 Å². The molecule has 2 N–H and O–H groups in total. The highest BCUT2D eigenvalue weighted by molar-refractivity contribution is 5.93. The Morgan fingerprint density at radius 2 is 2.12 bits per heavy atom. The molecule has 0 aliphatic carbocycles. The summed E-state index contributed by atoms with van der Waals surface area (Å²) in [7, 11) is 0. The predicted molar refractivity (Wildman–Crippen MR) is 94.7 cm³/mol. The third-order valence-electron chi connectivity index (χ3n) is 4.05. The minimum absolute atomic E-state index is 0. The van der Waals surface area contributed by atoms with Crippen molar-refractivity contribution in [3.63, 3.8) is 0 Å². The third-order valence-corrected chi connectivity index (χ3v) is 4.05. The third kappa shape index (κ3) is 4.76. The van der Waals surface area contributed by atoms with E-state index in [0.717, 1.165) is 30.7 Å². The summed E-state index contributed by atoms with van der Waals surface area (Å²) in [6.45, 7) is 3.37. The van der Waals surface area contributed by atoms with Crippen LogP contribution in [0.25, 0.3) is 0 Å². The van der Waals surface area contributed by atoms with Crippen molar-refractivity contribution >= 4 is 18.3 Å². The van der Waals surface area contributed by atoms with E-state index >= 15 is 0 Å². The zero-order valence-electron chi connectivity index (χ0n) is 13.7. The number of nitrogens with one attached hydrogen (secondary N) is 2. The van der Waals surface area contributed by atoms with Gasteiger partial charge < -0.3 is 19.8 Å². The van der Waals surface area contributed by atoms with Crippen molar-refractivity contribution in [2.45, 2.75) is 38.5 Å². The van der Waals surface area contributed by atoms with E-state index in [-0.39, 0.29) is 24.4 Å². The number of halogens is 1. The van der Waals surface area contributed by atoms with Crippen LogP contribution < -0.4 is 15.4 Å². The Hall–Kier alpha value is -1.98. The van der Waals surface area contributed by atoms with Crippen molar-refractivity contribution in [3.05, 3.63) is 54.0 Å². The summed E-state index contributed by atoms with van der Waals surface area (Å²) < 4.78 is 11.1. The Balaban J connectivity index is 0.00000208. The smallest absolute Gasteiger partial charge is 0.287 e. The average molecular weight is 351 g/mol. The van der Waals surface area contributed by atoms with E-state index < -0.39 is 0 Å². The molecule has 1 amide bonds. The van der Waals surface area contributed by atoms with Crippen LogP contribution in [0.5, 0.6) is 5.75 Å². The molecule has 1 fully saturated rings. The summed E-state index contributed by atoms with van der Waals surface area (Å²) in [6, 6.07) is 11.9. The Labute approximate surface area is 148 Å². The number of carbonyl (C=O) groups excluding carboxylic acids is 1. The second kappa shape index (κ2) is 8.76. The van der Waals surface area contributed by atoms with Crippen molar-refractivity contribution in [2.24, 2.45) is 0 Å². The molecular weight excluding hydrogens is 328 g/mol. The zero-order valence-corrected chi connectivity index (χ0v) is 14.5. The molecule has 5 nitrogen and oxygen atoms in total. The number of para-hydroxylation sites is 1. The molecule has 0 spiro atoms. The fourth-order valence-corrected chi connectivity index (χ4v) is 2.84. The van der Waals surface area contributed by atoms with Gasteiger partial charge in [-0.2, -0.15) is 0 Å². The molecule has 130 valence electrons. The monoisotopic (exact) mass is 350 g/mol. The minimum Gasteiger partial charge on any atom is -0.489 e. The summed E-state index contributed by atoms with van der Waals surface area (Å²) in [5.74, 6) is 0.945. The first-order valence-electron chi connectivity index (χ1n) is 8.01. The van der Waals surface area contributed by atoms with Crippen LogP contribution in [0.4, 0.5) is 0 Å². The number of ether oxygens (including phenoxy) is 1. The van der Waals surface area contributed by atoms with Gasteiger partial charge in [0, 0.05) is 17.6 Å². The molecule has 1 aromatic carbocycles. The van der Waals surface area contributed by atoms with E-state index in [9.17, 15) is 4.79 Å². The maximum atomic E-state index is 12.4. The van der Waals surface area contributed by atoms with Gasteiger partial charge in [0.15, 0.2) is 5.76 Å². The van der Waals surface area contributed by atoms with Crippen molar-refractivity contribution in [1.82, 2.24) is 10.6 Å². The van der Waals surface area contributed by atoms with E-state index in [0.29, 0.717) is 18.4 Å². The first-order valence-corrected chi connectivity index (χ1v) is 8.01. The fourth-order valence-electron chi connectivity index (χ4n) is 2.84. The van der Waals surface area contributed by atoms with Gasteiger partial charge in [0.05, 0.1) is 6.26 Å².